The molecule has 0 spiro atoms. The molecule has 182 valence electrons. The largest absolute Gasteiger partial charge is 0.494 e. The minimum absolute atomic E-state index is 0.107. The van der Waals surface area contributed by atoms with Crippen molar-refractivity contribution in [3.05, 3.63) is 95.4 Å². The zero-order valence-corrected chi connectivity index (χ0v) is 21.0. The molecule has 4 heteroatoms. The Morgan fingerprint density at radius 2 is 1.25 bits per heavy atom. The van der Waals surface area contributed by atoms with E-state index >= 15 is 0 Å². The first-order valence-electron chi connectivity index (χ1n) is 12.8. The van der Waals surface area contributed by atoms with Gasteiger partial charge in [0, 0.05) is 34.8 Å². The number of hydrogen-bond acceptors (Lipinski definition) is 4. The molecule has 0 saturated heterocycles. The second-order valence-corrected chi connectivity index (χ2v) is 8.74. The Morgan fingerprint density at radius 3 is 1.81 bits per heavy atom. The lowest BCUT2D eigenvalue weighted by molar-refractivity contribution is 0.304. The number of unbranched alkanes of at least 4 members (excludes halogenated alkanes) is 7. The lowest BCUT2D eigenvalue weighted by atomic mass is 10.1. The van der Waals surface area contributed by atoms with Gasteiger partial charge in [-0.3, -0.25) is 0 Å². The Labute approximate surface area is 215 Å². The SMILES string of the molecule is CCCCCCCCCCOc1ccc(C#Cc2ccc(N3C=CC(=C(C#N)C#N)C=C3)cc2)cc1. The van der Waals surface area contributed by atoms with E-state index < -0.39 is 0 Å². The van der Waals surface area contributed by atoms with Crippen LogP contribution in [0.3, 0.4) is 0 Å². The quantitative estimate of drug-likeness (QED) is 0.189. The van der Waals surface area contributed by atoms with Gasteiger partial charge in [0.15, 0.2) is 0 Å². The van der Waals surface area contributed by atoms with E-state index in [0.717, 1.165) is 35.6 Å². The van der Waals surface area contributed by atoms with Gasteiger partial charge in [0.2, 0.25) is 0 Å². The summed E-state index contributed by atoms with van der Waals surface area (Å²) in [6.45, 7) is 3.02. The highest BCUT2D eigenvalue weighted by Gasteiger charge is 2.07. The molecular formula is C32H33N3O. The molecule has 0 bridgehead atoms. The molecule has 2 aromatic carbocycles. The predicted molar refractivity (Wildman–Crippen MR) is 146 cm³/mol. The Bertz CT molecular complexity index is 1180. The van der Waals surface area contributed by atoms with Crippen LogP contribution in [0.2, 0.25) is 0 Å². The molecule has 3 rings (SSSR count). The maximum Gasteiger partial charge on any atom is 0.136 e. The maximum absolute atomic E-state index is 8.99. The first kappa shape index (κ1) is 26.4. The number of allylic oxidation sites excluding steroid dienone is 4. The first-order chi connectivity index (χ1) is 17.7. The average Bonchev–Trinajstić information content (AvgIpc) is 2.93. The molecule has 0 N–H and O–H groups in total. The van der Waals surface area contributed by atoms with Crippen LogP contribution >= 0.6 is 0 Å². The summed E-state index contributed by atoms with van der Waals surface area (Å²) < 4.78 is 5.87. The number of benzene rings is 2. The molecule has 1 aliphatic heterocycles. The van der Waals surface area contributed by atoms with Crippen LogP contribution in [-0.2, 0) is 0 Å². The third-order valence-electron chi connectivity index (χ3n) is 5.98. The van der Waals surface area contributed by atoms with Crippen LogP contribution in [-0.4, -0.2) is 6.61 Å². The summed E-state index contributed by atoms with van der Waals surface area (Å²) in [5, 5.41) is 18.0. The van der Waals surface area contributed by atoms with E-state index in [4.69, 9.17) is 15.3 Å². The molecule has 0 saturated carbocycles. The second kappa shape index (κ2) is 14.9. The molecular weight excluding hydrogens is 442 g/mol. The van der Waals surface area contributed by atoms with Gasteiger partial charge in [-0.05, 0) is 67.1 Å². The van der Waals surface area contributed by atoms with Gasteiger partial charge < -0.3 is 9.64 Å². The number of ether oxygens (including phenoxy) is 1. The van der Waals surface area contributed by atoms with Crippen LogP contribution < -0.4 is 9.64 Å². The smallest absolute Gasteiger partial charge is 0.136 e. The molecule has 0 amide bonds. The van der Waals surface area contributed by atoms with Crippen molar-refractivity contribution in [3.63, 3.8) is 0 Å². The predicted octanol–water partition coefficient (Wildman–Crippen LogP) is 7.80. The highest BCUT2D eigenvalue weighted by atomic mass is 16.5. The van der Waals surface area contributed by atoms with Crippen molar-refractivity contribution in [1.29, 1.82) is 10.5 Å². The fraction of sp³-hybridized carbons (Fsp3) is 0.312. The van der Waals surface area contributed by atoms with Crippen molar-refractivity contribution in [1.82, 2.24) is 0 Å². The molecule has 0 atom stereocenters. The van der Waals surface area contributed by atoms with Crippen LogP contribution in [0.1, 0.15) is 69.4 Å². The van der Waals surface area contributed by atoms with Crippen molar-refractivity contribution < 1.29 is 4.74 Å². The van der Waals surface area contributed by atoms with Crippen molar-refractivity contribution in [2.45, 2.75) is 58.3 Å². The average molecular weight is 476 g/mol. The van der Waals surface area contributed by atoms with Crippen LogP contribution in [0.5, 0.6) is 5.75 Å². The van der Waals surface area contributed by atoms with Crippen LogP contribution in [0, 0.1) is 34.5 Å². The number of nitrogens with zero attached hydrogens (tertiary/aromatic N) is 3. The molecule has 0 unspecified atom stereocenters. The van der Waals surface area contributed by atoms with E-state index in [0.29, 0.717) is 5.57 Å². The number of nitriles is 2. The summed E-state index contributed by atoms with van der Waals surface area (Å²) in [6, 6.07) is 19.7. The van der Waals surface area contributed by atoms with Gasteiger partial charge in [0.25, 0.3) is 0 Å². The fourth-order valence-electron chi connectivity index (χ4n) is 3.84. The maximum atomic E-state index is 8.99. The van der Waals surface area contributed by atoms with Gasteiger partial charge in [0.1, 0.15) is 23.5 Å². The highest BCUT2D eigenvalue weighted by Crippen LogP contribution is 2.21. The summed E-state index contributed by atoms with van der Waals surface area (Å²) in [5.41, 5.74) is 3.57. The van der Waals surface area contributed by atoms with E-state index in [1.807, 2.05) is 78.0 Å². The Hall–Kier alpha value is -4.20. The van der Waals surface area contributed by atoms with E-state index in [-0.39, 0.29) is 5.57 Å². The Morgan fingerprint density at radius 1 is 0.722 bits per heavy atom. The zero-order valence-electron chi connectivity index (χ0n) is 21.0. The zero-order chi connectivity index (χ0) is 25.4. The molecule has 4 nitrogen and oxygen atoms in total. The summed E-state index contributed by atoms with van der Waals surface area (Å²) in [4.78, 5) is 1.93. The van der Waals surface area contributed by atoms with E-state index in [1.54, 1.807) is 12.2 Å². The van der Waals surface area contributed by atoms with Crippen LogP contribution in [0.15, 0.2) is 84.2 Å². The van der Waals surface area contributed by atoms with Crippen LogP contribution in [0.25, 0.3) is 0 Å². The summed E-state index contributed by atoms with van der Waals surface area (Å²) in [5.74, 6) is 7.31. The van der Waals surface area contributed by atoms with Gasteiger partial charge in [0.05, 0.1) is 6.61 Å². The third kappa shape index (κ3) is 8.54. The lowest BCUT2D eigenvalue weighted by Gasteiger charge is -2.18. The van der Waals surface area contributed by atoms with Gasteiger partial charge in [-0.2, -0.15) is 10.5 Å². The molecule has 0 aromatic heterocycles. The summed E-state index contributed by atoms with van der Waals surface area (Å²) in [6.07, 6.45) is 17.6. The van der Waals surface area contributed by atoms with Crippen molar-refractivity contribution >= 4 is 5.69 Å². The Balaban J connectivity index is 1.43. The number of rotatable bonds is 11. The fourth-order valence-corrected chi connectivity index (χ4v) is 3.84. The lowest BCUT2D eigenvalue weighted by Crippen LogP contribution is -2.09. The van der Waals surface area contributed by atoms with Gasteiger partial charge >= 0.3 is 0 Å². The monoisotopic (exact) mass is 475 g/mol. The standard InChI is InChI=1S/C32H33N3O/c1-2-3-4-5-6-7-8-9-24-36-32-18-14-28(15-19-32)11-10-27-12-16-31(17-13-27)35-22-20-29(21-23-35)30(25-33)26-34/h12-23H,2-9,24H2,1H3. The molecule has 0 fully saturated rings. The van der Waals surface area contributed by atoms with E-state index in [9.17, 15) is 0 Å². The first-order valence-corrected chi connectivity index (χ1v) is 12.8. The van der Waals surface area contributed by atoms with E-state index in [1.165, 1.54) is 44.9 Å². The minimum atomic E-state index is 0.107. The highest BCUT2D eigenvalue weighted by molar-refractivity contribution is 5.61. The normalized spacial score (nSPS) is 11.9. The van der Waals surface area contributed by atoms with E-state index in [2.05, 4.69) is 18.8 Å². The third-order valence-corrected chi connectivity index (χ3v) is 5.98. The molecule has 0 aliphatic carbocycles. The van der Waals surface area contributed by atoms with Gasteiger partial charge in [-0.25, -0.2) is 0 Å². The molecule has 1 aliphatic rings. The van der Waals surface area contributed by atoms with Crippen molar-refractivity contribution in [2.75, 3.05) is 11.5 Å². The van der Waals surface area contributed by atoms with Crippen molar-refractivity contribution in [2.24, 2.45) is 0 Å². The second-order valence-electron chi connectivity index (χ2n) is 8.74. The molecule has 36 heavy (non-hydrogen) atoms. The van der Waals surface area contributed by atoms with Crippen molar-refractivity contribution in [3.8, 4) is 29.7 Å². The number of anilines is 1. The molecule has 0 radical (unpaired) electrons. The topological polar surface area (TPSA) is 60.0 Å². The summed E-state index contributed by atoms with van der Waals surface area (Å²) in [7, 11) is 0. The Kier molecular flexibility index (Phi) is 11.0. The summed E-state index contributed by atoms with van der Waals surface area (Å²) >= 11 is 0. The minimum Gasteiger partial charge on any atom is -0.494 e. The molecule has 1 heterocycles. The van der Waals surface area contributed by atoms with Crippen LogP contribution in [0.4, 0.5) is 5.69 Å². The van der Waals surface area contributed by atoms with Gasteiger partial charge in [-0.15, -0.1) is 0 Å². The molecule has 2 aromatic rings. The van der Waals surface area contributed by atoms with Gasteiger partial charge in [-0.1, -0.05) is 63.7 Å². The number of hydrogen-bond donors (Lipinski definition) is 0.